The van der Waals surface area contributed by atoms with Crippen molar-refractivity contribution < 1.29 is 47.5 Å². The van der Waals surface area contributed by atoms with Crippen LogP contribution in [0.4, 0.5) is 0 Å². The smallest absolute Gasteiger partial charge is 0.398 e. The van der Waals surface area contributed by atoms with Gasteiger partial charge in [-0.2, -0.15) is 12.6 Å². The standard InChI is InChI=1S/C38H60N2O10S/c1-6-31(51)38(4,5)49-36(45)20-18-16-14-12-10-8-7-9-11-13-15-17-19-32(41)39(26-25-35(44)47-28(2)3)27-29-21-22-30(48-29)37(46)50-40-33(42)23-24-34(40)43/h21-22,28,31,51H,6-20,23-27H2,1-5H3. The number of nitrogens with zero attached hydrogens (tertiary/aromatic N) is 2. The van der Waals surface area contributed by atoms with Crippen LogP contribution in [0, 0.1) is 0 Å². The molecule has 0 saturated carbocycles. The number of furan rings is 1. The molecular weight excluding hydrogens is 676 g/mol. The fraction of sp³-hybridized carbons (Fsp3) is 0.737. The molecule has 3 amide bonds. The molecule has 0 bridgehead atoms. The zero-order chi connectivity index (χ0) is 37.8. The SMILES string of the molecule is CCC(S)C(C)(C)OC(=O)CCCCCCCCCCCCCCC(=O)N(CCC(=O)OC(C)C)Cc1ccc(C(=O)ON2C(=O)CCC2=O)o1. The molecule has 1 unspecified atom stereocenters. The third-order valence-corrected chi connectivity index (χ3v) is 9.77. The number of hydrogen-bond donors (Lipinski definition) is 1. The van der Waals surface area contributed by atoms with Crippen molar-refractivity contribution >= 4 is 48.3 Å². The molecule has 2 rings (SSSR count). The maximum absolute atomic E-state index is 13.2. The molecule has 0 aromatic carbocycles. The summed E-state index contributed by atoms with van der Waals surface area (Å²) < 4.78 is 16.4. The van der Waals surface area contributed by atoms with Gasteiger partial charge in [-0.05, 0) is 59.1 Å². The number of ether oxygens (including phenoxy) is 2. The molecule has 1 aliphatic rings. The van der Waals surface area contributed by atoms with Gasteiger partial charge in [0.15, 0.2) is 0 Å². The van der Waals surface area contributed by atoms with Gasteiger partial charge in [0.1, 0.15) is 11.4 Å². The van der Waals surface area contributed by atoms with Crippen molar-refractivity contribution in [2.24, 2.45) is 0 Å². The van der Waals surface area contributed by atoms with E-state index < -0.39 is 29.4 Å². The van der Waals surface area contributed by atoms with Gasteiger partial charge in [-0.1, -0.05) is 71.1 Å². The number of carbonyl (C=O) groups excluding carboxylic acids is 6. The summed E-state index contributed by atoms with van der Waals surface area (Å²) in [6.07, 6.45) is 14.1. The summed E-state index contributed by atoms with van der Waals surface area (Å²) in [6, 6.07) is 2.87. The van der Waals surface area contributed by atoms with Crippen LogP contribution in [0.2, 0.25) is 0 Å². The van der Waals surface area contributed by atoms with Crippen molar-refractivity contribution in [3.05, 3.63) is 23.7 Å². The first-order valence-corrected chi connectivity index (χ1v) is 19.3. The predicted molar refractivity (Wildman–Crippen MR) is 194 cm³/mol. The molecule has 1 aromatic rings. The van der Waals surface area contributed by atoms with Crippen molar-refractivity contribution in [2.75, 3.05) is 6.54 Å². The summed E-state index contributed by atoms with van der Waals surface area (Å²) in [7, 11) is 0. The maximum atomic E-state index is 13.2. The minimum atomic E-state index is -0.992. The molecule has 0 spiro atoms. The molecule has 1 atom stereocenters. The zero-order valence-electron chi connectivity index (χ0n) is 31.4. The Hall–Kier alpha value is -3.35. The van der Waals surface area contributed by atoms with Crippen LogP contribution in [0.1, 0.15) is 167 Å². The zero-order valence-corrected chi connectivity index (χ0v) is 32.3. The highest BCUT2D eigenvalue weighted by atomic mass is 32.1. The number of carbonyl (C=O) groups is 6. The lowest BCUT2D eigenvalue weighted by molar-refractivity contribution is -0.173. The van der Waals surface area contributed by atoms with Gasteiger partial charge in [0.05, 0.1) is 19.1 Å². The first kappa shape index (κ1) is 43.8. The number of unbranched alkanes of at least 4 members (excludes halogenated alkanes) is 11. The van der Waals surface area contributed by atoms with Crippen LogP contribution in [-0.2, 0) is 44.8 Å². The average Bonchev–Trinajstić information content (AvgIpc) is 3.67. The van der Waals surface area contributed by atoms with E-state index in [1.807, 2.05) is 20.8 Å². The lowest BCUT2D eigenvalue weighted by atomic mass is 10.0. The second-order valence-electron chi connectivity index (χ2n) is 14.1. The number of esters is 2. The number of hydroxylamine groups is 2. The Labute approximate surface area is 309 Å². The summed E-state index contributed by atoms with van der Waals surface area (Å²) in [5.74, 6) is -2.79. The fourth-order valence-corrected chi connectivity index (χ4v) is 5.81. The van der Waals surface area contributed by atoms with Gasteiger partial charge in [-0.25, -0.2) is 4.79 Å². The Morgan fingerprint density at radius 1 is 0.824 bits per heavy atom. The highest BCUT2D eigenvalue weighted by Gasteiger charge is 2.34. The van der Waals surface area contributed by atoms with Crippen LogP contribution in [0.3, 0.4) is 0 Å². The minimum Gasteiger partial charge on any atom is -0.463 e. The van der Waals surface area contributed by atoms with Crippen molar-refractivity contribution in [3.8, 4) is 0 Å². The van der Waals surface area contributed by atoms with Gasteiger partial charge in [0, 0.05) is 37.5 Å². The Kier molecular flexibility index (Phi) is 20.0. The molecule has 2 heterocycles. The van der Waals surface area contributed by atoms with E-state index in [1.54, 1.807) is 13.8 Å². The molecule has 1 aromatic heterocycles. The summed E-state index contributed by atoms with van der Waals surface area (Å²) in [6.45, 7) is 9.54. The van der Waals surface area contributed by atoms with Gasteiger partial charge < -0.3 is 23.6 Å². The quantitative estimate of drug-likeness (QED) is 0.0435. The molecule has 12 nitrogen and oxygen atoms in total. The van der Waals surface area contributed by atoms with E-state index in [0.29, 0.717) is 23.7 Å². The topological polar surface area (TPSA) is 150 Å². The molecule has 1 aliphatic heterocycles. The monoisotopic (exact) mass is 736 g/mol. The summed E-state index contributed by atoms with van der Waals surface area (Å²) in [4.78, 5) is 79.9. The molecule has 0 radical (unpaired) electrons. The summed E-state index contributed by atoms with van der Waals surface area (Å²) in [5, 5.41) is 0.478. The molecule has 0 N–H and O–H groups in total. The molecule has 1 saturated heterocycles. The Balaban J connectivity index is 1.64. The molecular formula is C38H60N2O10S. The van der Waals surface area contributed by atoms with E-state index in [-0.39, 0.29) is 61.3 Å². The number of rotatable bonds is 26. The third-order valence-electron chi connectivity index (χ3n) is 8.78. The van der Waals surface area contributed by atoms with Crippen LogP contribution in [0.25, 0.3) is 0 Å². The van der Waals surface area contributed by atoms with E-state index in [2.05, 4.69) is 12.6 Å². The Morgan fingerprint density at radius 2 is 1.35 bits per heavy atom. The van der Waals surface area contributed by atoms with Crippen molar-refractivity contribution in [1.82, 2.24) is 9.96 Å². The van der Waals surface area contributed by atoms with Crippen molar-refractivity contribution in [2.45, 2.75) is 174 Å². The minimum absolute atomic E-state index is 0.0159. The number of imide groups is 1. The van der Waals surface area contributed by atoms with Crippen LogP contribution in [0.15, 0.2) is 16.5 Å². The number of thiol groups is 1. The van der Waals surface area contributed by atoms with E-state index in [0.717, 1.165) is 57.8 Å². The molecule has 13 heteroatoms. The molecule has 288 valence electrons. The number of amides is 3. The van der Waals surface area contributed by atoms with E-state index >= 15 is 0 Å². The summed E-state index contributed by atoms with van der Waals surface area (Å²) >= 11 is 4.52. The van der Waals surface area contributed by atoms with Crippen LogP contribution < -0.4 is 0 Å². The van der Waals surface area contributed by atoms with Crippen molar-refractivity contribution in [1.29, 1.82) is 0 Å². The maximum Gasteiger partial charge on any atom is 0.398 e. The first-order chi connectivity index (χ1) is 24.2. The summed E-state index contributed by atoms with van der Waals surface area (Å²) in [5.41, 5.74) is -0.545. The van der Waals surface area contributed by atoms with Gasteiger partial charge >= 0.3 is 17.9 Å². The van der Waals surface area contributed by atoms with E-state index in [4.69, 9.17) is 18.7 Å². The van der Waals surface area contributed by atoms with Crippen molar-refractivity contribution in [3.63, 3.8) is 0 Å². The fourth-order valence-electron chi connectivity index (χ4n) is 5.76. The van der Waals surface area contributed by atoms with Crippen LogP contribution in [-0.4, -0.2) is 69.1 Å². The highest BCUT2D eigenvalue weighted by molar-refractivity contribution is 7.81. The lowest BCUT2D eigenvalue weighted by Crippen LogP contribution is -2.37. The second-order valence-corrected chi connectivity index (χ2v) is 14.7. The van der Waals surface area contributed by atoms with Gasteiger partial charge in [-0.15, -0.1) is 5.06 Å². The largest absolute Gasteiger partial charge is 0.463 e. The van der Waals surface area contributed by atoms with Crippen LogP contribution in [0.5, 0.6) is 0 Å². The van der Waals surface area contributed by atoms with Gasteiger partial charge in [0.25, 0.3) is 11.8 Å². The normalized spacial score (nSPS) is 13.8. The lowest BCUT2D eigenvalue weighted by Gasteiger charge is -2.30. The Bertz CT molecular complexity index is 1260. The van der Waals surface area contributed by atoms with Gasteiger partial charge in [-0.3, -0.25) is 24.0 Å². The van der Waals surface area contributed by atoms with Gasteiger partial charge in [0.2, 0.25) is 11.7 Å². The molecule has 1 fully saturated rings. The Morgan fingerprint density at radius 3 is 1.88 bits per heavy atom. The second kappa shape index (κ2) is 23.3. The highest BCUT2D eigenvalue weighted by Crippen LogP contribution is 2.24. The first-order valence-electron chi connectivity index (χ1n) is 18.8. The number of hydrogen-bond acceptors (Lipinski definition) is 11. The van der Waals surface area contributed by atoms with Crippen LogP contribution >= 0.6 is 12.6 Å². The molecule has 51 heavy (non-hydrogen) atoms. The average molecular weight is 737 g/mol. The molecule has 0 aliphatic carbocycles. The predicted octanol–water partition coefficient (Wildman–Crippen LogP) is 7.66. The van der Waals surface area contributed by atoms with E-state index in [9.17, 15) is 28.8 Å². The third kappa shape index (κ3) is 17.1. The van der Waals surface area contributed by atoms with E-state index in [1.165, 1.54) is 42.7 Å².